The van der Waals surface area contributed by atoms with Crippen molar-refractivity contribution in [2.24, 2.45) is 5.92 Å². The van der Waals surface area contributed by atoms with Gasteiger partial charge < -0.3 is 15.1 Å². The van der Waals surface area contributed by atoms with Gasteiger partial charge in [0.1, 0.15) is 0 Å². The van der Waals surface area contributed by atoms with Crippen LogP contribution in [0.4, 0.5) is 11.4 Å². The van der Waals surface area contributed by atoms with Crippen molar-refractivity contribution in [2.45, 2.75) is 37.1 Å². The van der Waals surface area contributed by atoms with E-state index in [0.717, 1.165) is 37.3 Å². The number of piperidine rings is 1. The zero-order chi connectivity index (χ0) is 23.6. The molecule has 1 atom stereocenters. The zero-order valence-electron chi connectivity index (χ0n) is 18.5. The summed E-state index contributed by atoms with van der Waals surface area (Å²) in [6, 6.07) is 14.1. The summed E-state index contributed by atoms with van der Waals surface area (Å²) in [7, 11) is -3.20. The smallest absolute Gasteiger partial charge is 0.227 e. The number of rotatable bonds is 6. The Morgan fingerprint density at radius 1 is 1.03 bits per heavy atom. The summed E-state index contributed by atoms with van der Waals surface area (Å²) in [6.45, 7) is 3.55. The first-order chi connectivity index (χ1) is 15.8. The van der Waals surface area contributed by atoms with Gasteiger partial charge in [-0.05, 0) is 61.4 Å². The molecule has 4 rings (SSSR count). The first-order valence-electron chi connectivity index (χ1n) is 11.2. The topological polar surface area (TPSA) is 86.8 Å². The molecular weight excluding hydrogens is 462 g/mol. The fourth-order valence-corrected chi connectivity index (χ4v) is 5.40. The molecule has 2 fully saturated rings. The van der Waals surface area contributed by atoms with Gasteiger partial charge >= 0.3 is 0 Å². The molecule has 2 amide bonds. The van der Waals surface area contributed by atoms with Gasteiger partial charge in [0, 0.05) is 48.5 Å². The molecule has 1 unspecified atom stereocenters. The van der Waals surface area contributed by atoms with E-state index < -0.39 is 9.84 Å². The van der Waals surface area contributed by atoms with E-state index in [-0.39, 0.29) is 35.9 Å². The van der Waals surface area contributed by atoms with E-state index in [2.05, 4.69) is 10.2 Å². The number of halogens is 1. The SMILES string of the molecule is CCS(=O)(=O)c1ccc(N2CCC(NC(=O)C3CC(=O)N(c4ccc(Cl)cc4)C3)CC2)cc1. The molecule has 0 radical (unpaired) electrons. The summed E-state index contributed by atoms with van der Waals surface area (Å²) >= 11 is 5.93. The highest BCUT2D eigenvalue weighted by Crippen LogP contribution is 2.27. The minimum Gasteiger partial charge on any atom is -0.371 e. The van der Waals surface area contributed by atoms with Crippen molar-refractivity contribution >= 4 is 44.6 Å². The summed E-state index contributed by atoms with van der Waals surface area (Å²) < 4.78 is 24.0. The normalized spacial score (nSPS) is 19.7. The molecule has 0 bridgehead atoms. The number of hydrogen-bond acceptors (Lipinski definition) is 5. The van der Waals surface area contributed by atoms with Crippen molar-refractivity contribution in [2.75, 3.05) is 35.2 Å². The first kappa shape index (κ1) is 23.6. The van der Waals surface area contributed by atoms with Gasteiger partial charge in [-0.15, -0.1) is 0 Å². The average Bonchev–Trinajstić information content (AvgIpc) is 3.22. The van der Waals surface area contributed by atoms with Crippen LogP contribution < -0.4 is 15.1 Å². The highest BCUT2D eigenvalue weighted by molar-refractivity contribution is 7.91. The van der Waals surface area contributed by atoms with E-state index in [1.807, 2.05) is 12.1 Å². The van der Waals surface area contributed by atoms with E-state index in [1.165, 1.54) is 0 Å². The van der Waals surface area contributed by atoms with Gasteiger partial charge in [0.05, 0.1) is 16.6 Å². The summed E-state index contributed by atoms with van der Waals surface area (Å²) in [4.78, 5) is 29.4. The molecule has 0 aliphatic carbocycles. The second-order valence-electron chi connectivity index (χ2n) is 8.55. The molecule has 2 saturated heterocycles. The zero-order valence-corrected chi connectivity index (χ0v) is 20.1. The molecule has 0 spiro atoms. The lowest BCUT2D eigenvalue weighted by molar-refractivity contribution is -0.127. The highest BCUT2D eigenvalue weighted by atomic mass is 35.5. The maximum absolute atomic E-state index is 12.8. The van der Waals surface area contributed by atoms with Crippen LogP contribution in [0, 0.1) is 5.92 Å². The van der Waals surface area contributed by atoms with E-state index in [0.29, 0.717) is 16.5 Å². The molecule has 7 nitrogen and oxygen atoms in total. The maximum atomic E-state index is 12.8. The number of anilines is 2. The molecule has 176 valence electrons. The monoisotopic (exact) mass is 489 g/mol. The third-order valence-corrected chi connectivity index (χ3v) is 8.42. The second-order valence-corrected chi connectivity index (χ2v) is 11.3. The predicted octanol–water partition coefficient (Wildman–Crippen LogP) is 3.27. The van der Waals surface area contributed by atoms with E-state index in [9.17, 15) is 18.0 Å². The third-order valence-electron chi connectivity index (χ3n) is 6.42. The minimum atomic E-state index is -3.20. The maximum Gasteiger partial charge on any atom is 0.227 e. The highest BCUT2D eigenvalue weighted by Gasteiger charge is 2.36. The average molecular weight is 490 g/mol. The Morgan fingerprint density at radius 2 is 1.64 bits per heavy atom. The van der Waals surface area contributed by atoms with Crippen LogP contribution in [0.3, 0.4) is 0 Å². The third kappa shape index (κ3) is 5.33. The van der Waals surface area contributed by atoms with Gasteiger partial charge in [-0.2, -0.15) is 0 Å². The van der Waals surface area contributed by atoms with Crippen LogP contribution in [0.1, 0.15) is 26.2 Å². The van der Waals surface area contributed by atoms with Crippen molar-refractivity contribution < 1.29 is 18.0 Å². The number of benzene rings is 2. The molecule has 1 N–H and O–H groups in total. The van der Waals surface area contributed by atoms with E-state index in [4.69, 9.17) is 11.6 Å². The van der Waals surface area contributed by atoms with Gasteiger partial charge in [0.25, 0.3) is 0 Å². The lowest BCUT2D eigenvalue weighted by atomic mass is 10.0. The number of hydrogen-bond donors (Lipinski definition) is 1. The lowest BCUT2D eigenvalue weighted by Crippen LogP contribution is -2.46. The van der Waals surface area contributed by atoms with Crippen molar-refractivity contribution in [3.05, 3.63) is 53.6 Å². The molecule has 2 aromatic rings. The molecule has 2 aliphatic rings. The van der Waals surface area contributed by atoms with Gasteiger partial charge in [-0.25, -0.2) is 8.42 Å². The Bertz CT molecular complexity index is 1110. The largest absolute Gasteiger partial charge is 0.371 e. The number of carbonyl (C=O) groups excluding carboxylic acids is 2. The molecule has 2 aliphatic heterocycles. The van der Waals surface area contributed by atoms with Crippen LogP contribution in [-0.2, 0) is 19.4 Å². The number of amides is 2. The number of nitrogens with zero attached hydrogens (tertiary/aromatic N) is 2. The number of sulfone groups is 1. The van der Waals surface area contributed by atoms with Crippen LogP contribution in [0.5, 0.6) is 0 Å². The van der Waals surface area contributed by atoms with Crippen LogP contribution in [0.2, 0.25) is 5.02 Å². The molecule has 0 saturated carbocycles. The van der Waals surface area contributed by atoms with E-state index >= 15 is 0 Å². The number of nitrogens with one attached hydrogen (secondary N) is 1. The summed E-state index contributed by atoms with van der Waals surface area (Å²) in [6.07, 6.45) is 1.80. The first-order valence-corrected chi connectivity index (χ1v) is 13.2. The predicted molar refractivity (Wildman–Crippen MR) is 129 cm³/mol. The fraction of sp³-hybridized carbons (Fsp3) is 0.417. The van der Waals surface area contributed by atoms with E-state index in [1.54, 1.807) is 48.2 Å². The van der Waals surface area contributed by atoms with Gasteiger partial charge in [0.15, 0.2) is 9.84 Å². The summed E-state index contributed by atoms with van der Waals surface area (Å²) in [5.41, 5.74) is 1.74. The van der Waals surface area contributed by atoms with Crippen LogP contribution in [-0.4, -0.2) is 51.7 Å². The Morgan fingerprint density at radius 3 is 2.24 bits per heavy atom. The van der Waals surface area contributed by atoms with Crippen LogP contribution >= 0.6 is 11.6 Å². The Balaban J connectivity index is 1.29. The summed E-state index contributed by atoms with van der Waals surface area (Å²) in [5.74, 6) is -0.408. The van der Waals surface area contributed by atoms with Gasteiger partial charge in [-0.1, -0.05) is 18.5 Å². The van der Waals surface area contributed by atoms with Crippen molar-refractivity contribution in [3.8, 4) is 0 Å². The Kier molecular flexibility index (Phi) is 6.95. The molecule has 9 heteroatoms. The molecule has 0 aromatic heterocycles. The van der Waals surface area contributed by atoms with Crippen molar-refractivity contribution in [1.29, 1.82) is 0 Å². The molecule has 2 aromatic carbocycles. The van der Waals surface area contributed by atoms with Crippen LogP contribution in [0.25, 0.3) is 0 Å². The van der Waals surface area contributed by atoms with Gasteiger partial charge in [-0.3, -0.25) is 9.59 Å². The van der Waals surface area contributed by atoms with Gasteiger partial charge in [0.2, 0.25) is 11.8 Å². The minimum absolute atomic E-state index is 0.0548. The number of carbonyl (C=O) groups is 2. The van der Waals surface area contributed by atoms with Crippen molar-refractivity contribution in [1.82, 2.24) is 5.32 Å². The Labute approximate surface area is 199 Å². The molecular formula is C24H28ClN3O4S. The molecule has 2 heterocycles. The van der Waals surface area contributed by atoms with Crippen LogP contribution in [0.15, 0.2) is 53.4 Å². The lowest BCUT2D eigenvalue weighted by Gasteiger charge is -2.34. The fourth-order valence-electron chi connectivity index (χ4n) is 4.39. The quantitative estimate of drug-likeness (QED) is 0.673. The van der Waals surface area contributed by atoms with Crippen molar-refractivity contribution in [3.63, 3.8) is 0 Å². The second kappa shape index (κ2) is 9.73. The summed E-state index contributed by atoms with van der Waals surface area (Å²) in [5, 5.41) is 3.73. The Hall–Kier alpha value is -2.58. The standard InChI is InChI=1S/C24H28ClN3O4S/c1-2-33(31,32)22-9-7-20(8-10-22)27-13-11-19(12-14-27)26-24(30)17-15-23(29)28(16-17)21-5-3-18(25)4-6-21/h3-10,17,19H,2,11-16H2,1H3,(H,26,30). The molecule has 33 heavy (non-hydrogen) atoms.